The lowest BCUT2D eigenvalue weighted by atomic mass is 10.0. The largest absolute Gasteiger partial charge is 0.454 e. The van der Waals surface area contributed by atoms with Gasteiger partial charge in [-0.3, -0.25) is 0 Å². The number of rotatable bonds is 2. The fraction of sp³-hybridized carbons (Fsp3) is 0. The molecule has 0 aliphatic rings. The summed E-state index contributed by atoms with van der Waals surface area (Å²) in [4.78, 5) is 0. The van der Waals surface area contributed by atoms with Gasteiger partial charge in [-0.2, -0.15) is 0 Å². The molecular weight excluding hydrogens is 517 g/mol. The third-order valence-electron chi connectivity index (χ3n) is 6.46. The maximum Gasteiger partial charge on any atom is 0.159 e. The molecule has 0 spiro atoms. The van der Waals surface area contributed by atoms with Crippen molar-refractivity contribution in [3.05, 3.63) is 113 Å². The van der Waals surface area contributed by atoms with Crippen molar-refractivity contribution in [2.45, 2.75) is 0 Å². The molecule has 0 radical (unpaired) electrons. The number of nitrogens with zero attached hydrogens (tertiary/aromatic N) is 1. The van der Waals surface area contributed by atoms with Gasteiger partial charge in [0.2, 0.25) is 0 Å². The van der Waals surface area contributed by atoms with Crippen LogP contribution in [0.5, 0.6) is 0 Å². The highest BCUT2D eigenvalue weighted by atomic mass is 127. The van der Waals surface area contributed by atoms with E-state index in [-0.39, 0.29) is 0 Å². The number of benzene rings is 5. The molecule has 7 aromatic rings. The Morgan fingerprint density at radius 2 is 1.33 bits per heavy atom. The van der Waals surface area contributed by atoms with Gasteiger partial charge in [0.25, 0.3) is 0 Å². The number of hydrogen-bond donors (Lipinski definition) is 0. The van der Waals surface area contributed by atoms with Crippen molar-refractivity contribution >= 4 is 66.3 Å². The summed E-state index contributed by atoms with van der Waals surface area (Å²) in [5.74, 6) is 0. The zero-order valence-corrected chi connectivity index (χ0v) is 19.8. The van der Waals surface area contributed by atoms with Gasteiger partial charge in [0.05, 0.1) is 16.7 Å². The molecule has 0 bridgehead atoms. The van der Waals surface area contributed by atoms with Crippen LogP contribution in [0.3, 0.4) is 0 Å². The smallest absolute Gasteiger partial charge is 0.159 e. The number of halogens is 1. The Morgan fingerprint density at radius 1 is 0.545 bits per heavy atom. The zero-order chi connectivity index (χ0) is 21.9. The summed E-state index contributed by atoms with van der Waals surface area (Å²) in [5, 5.41) is 4.79. The van der Waals surface area contributed by atoms with E-state index >= 15 is 0 Å². The molecule has 5 aromatic carbocycles. The number of para-hydroxylation sites is 2. The first kappa shape index (κ1) is 18.9. The first-order valence-corrected chi connectivity index (χ1v) is 12.1. The molecule has 3 heteroatoms. The molecule has 2 nitrogen and oxygen atoms in total. The molecule has 0 unspecified atom stereocenters. The zero-order valence-electron chi connectivity index (χ0n) is 17.6. The topological polar surface area (TPSA) is 18.1 Å². The van der Waals surface area contributed by atoms with Gasteiger partial charge in [0.1, 0.15) is 5.58 Å². The Kier molecular flexibility index (Phi) is 4.15. The highest BCUT2D eigenvalue weighted by Crippen LogP contribution is 2.39. The van der Waals surface area contributed by atoms with Gasteiger partial charge < -0.3 is 8.98 Å². The summed E-state index contributed by atoms with van der Waals surface area (Å²) in [7, 11) is 0. The SMILES string of the molecule is Ic1ccc2c(c1)c1ccccc1n2-c1cccc2c1oc1ccc(-c3ccccc3)cc12. The number of furan rings is 1. The first-order chi connectivity index (χ1) is 16.3. The van der Waals surface area contributed by atoms with Gasteiger partial charge in [-0.05, 0) is 76.2 Å². The van der Waals surface area contributed by atoms with Crippen molar-refractivity contribution < 1.29 is 4.42 Å². The van der Waals surface area contributed by atoms with Crippen LogP contribution in [0.4, 0.5) is 0 Å². The van der Waals surface area contributed by atoms with Crippen molar-refractivity contribution in [1.29, 1.82) is 0 Å². The molecule has 156 valence electrons. The van der Waals surface area contributed by atoms with Crippen LogP contribution in [0.25, 0.3) is 60.6 Å². The van der Waals surface area contributed by atoms with Gasteiger partial charge in [-0.25, -0.2) is 0 Å². The summed E-state index contributed by atoms with van der Waals surface area (Å²) in [6.45, 7) is 0. The van der Waals surface area contributed by atoms with E-state index in [4.69, 9.17) is 4.42 Å². The molecular formula is C30H18INO. The predicted molar refractivity (Wildman–Crippen MR) is 146 cm³/mol. The quantitative estimate of drug-likeness (QED) is 0.202. The minimum Gasteiger partial charge on any atom is -0.454 e. The van der Waals surface area contributed by atoms with Crippen molar-refractivity contribution in [1.82, 2.24) is 4.57 Å². The molecule has 0 amide bonds. The molecule has 2 heterocycles. The maximum absolute atomic E-state index is 6.50. The molecule has 0 saturated carbocycles. The maximum atomic E-state index is 6.50. The van der Waals surface area contributed by atoms with E-state index in [1.54, 1.807) is 0 Å². The molecule has 2 aromatic heterocycles. The lowest BCUT2D eigenvalue weighted by molar-refractivity contribution is 0.666. The fourth-order valence-corrected chi connectivity index (χ4v) is 5.47. The Balaban J connectivity index is 1.55. The highest BCUT2D eigenvalue weighted by molar-refractivity contribution is 14.1. The van der Waals surface area contributed by atoms with Gasteiger partial charge in [-0.15, -0.1) is 0 Å². The summed E-state index contributed by atoms with van der Waals surface area (Å²) < 4.78 is 10.1. The normalized spacial score (nSPS) is 11.8. The number of hydrogen-bond acceptors (Lipinski definition) is 1. The van der Waals surface area contributed by atoms with E-state index in [1.807, 2.05) is 6.07 Å². The van der Waals surface area contributed by atoms with Crippen LogP contribution < -0.4 is 0 Å². The monoisotopic (exact) mass is 535 g/mol. The molecule has 0 fully saturated rings. The van der Waals surface area contributed by atoms with Gasteiger partial charge in [-0.1, -0.05) is 66.7 Å². The summed E-state index contributed by atoms with van der Waals surface area (Å²) in [6.07, 6.45) is 0. The minimum atomic E-state index is 0.910. The summed E-state index contributed by atoms with van der Waals surface area (Å²) in [6, 6.07) is 38.7. The van der Waals surface area contributed by atoms with Crippen LogP contribution >= 0.6 is 22.6 Å². The average Bonchev–Trinajstić information content (AvgIpc) is 3.40. The molecule has 0 N–H and O–H groups in total. The minimum absolute atomic E-state index is 0.910. The lowest BCUT2D eigenvalue weighted by Gasteiger charge is -2.08. The molecule has 33 heavy (non-hydrogen) atoms. The van der Waals surface area contributed by atoms with Crippen LogP contribution in [-0.2, 0) is 0 Å². The number of aromatic nitrogens is 1. The fourth-order valence-electron chi connectivity index (χ4n) is 4.97. The van der Waals surface area contributed by atoms with Crippen molar-refractivity contribution in [3.8, 4) is 16.8 Å². The molecule has 0 atom stereocenters. The van der Waals surface area contributed by atoms with E-state index in [0.29, 0.717) is 0 Å². The van der Waals surface area contributed by atoms with Crippen LogP contribution in [0, 0.1) is 3.57 Å². The third kappa shape index (κ3) is 2.85. The first-order valence-electron chi connectivity index (χ1n) is 11.0. The highest BCUT2D eigenvalue weighted by Gasteiger charge is 2.17. The Bertz CT molecular complexity index is 1830. The van der Waals surface area contributed by atoms with Crippen molar-refractivity contribution in [3.63, 3.8) is 0 Å². The lowest BCUT2D eigenvalue weighted by Crippen LogP contribution is -1.94. The van der Waals surface area contributed by atoms with Crippen LogP contribution in [0.15, 0.2) is 114 Å². The molecule has 7 rings (SSSR count). The van der Waals surface area contributed by atoms with Crippen molar-refractivity contribution in [2.24, 2.45) is 0 Å². The van der Waals surface area contributed by atoms with Crippen LogP contribution in [-0.4, -0.2) is 4.57 Å². The summed E-state index contributed by atoms with van der Waals surface area (Å²) in [5.41, 5.74) is 7.68. The Labute approximate surface area is 204 Å². The Morgan fingerprint density at radius 3 is 2.24 bits per heavy atom. The second-order valence-electron chi connectivity index (χ2n) is 8.35. The molecule has 0 aliphatic heterocycles. The van der Waals surface area contributed by atoms with Gasteiger partial charge in [0, 0.05) is 25.1 Å². The summed E-state index contributed by atoms with van der Waals surface area (Å²) >= 11 is 2.39. The second-order valence-corrected chi connectivity index (χ2v) is 9.59. The van der Waals surface area contributed by atoms with Crippen LogP contribution in [0.1, 0.15) is 0 Å². The predicted octanol–water partition coefficient (Wildman–Crippen LogP) is 8.95. The standard InChI is InChI=1S/C30H18INO/c31-21-14-15-27-24(18-21)22-9-4-5-11-26(22)32(27)28-12-6-10-23-25-17-20(19-7-2-1-3-8-19)13-16-29(25)33-30(23)28/h1-18H. The second kappa shape index (κ2) is 7.22. The average molecular weight is 535 g/mol. The number of fused-ring (bicyclic) bond motifs is 6. The third-order valence-corrected chi connectivity index (χ3v) is 7.13. The van der Waals surface area contributed by atoms with Gasteiger partial charge in [0.15, 0.2) is 5.58 Å². The van der Waals surface area contributed by atoms with E-state index in [0.717, 1.165) is 27.6 Å². The van der Waals surface area contributed by atoms with E-state index in [2.05, 4.69) is 130 Å². The van der Waals surface area contributed by atoms with E-state index < -0.39 is 0 Å². The van der Waals surface area contributed by atoms with E-state index in [1.165, 1.54) is 36.5 Å². The van der Waals surface area contributed by atoms with Crippen LogP contribution in [0.2, 0.25) is 0 Å². The molecule has 0 saturated heterocycles. The van der Waals surface area contributed by atoms with Crippen molar-refractivity contribution in [2.75, 3.05) is 0 Å². The Hall–Kier alpha value is -3.57. The molecule has 0 aliphatic carbocycles. The van der Waals surface area contributed by atoms with E-state index in [9.17, 15) is 0 Å². The van der Waals surface area contributed by atoms with Gasteiger partial charge >= 0.3 is 0 Å².